The van der Waals surface area contributed by atoms with Crippen molar-refractivity contribution in [3.8, 4) is 0 Å². The fourth-order valence-corrected chi connectivity index (χ4v) is 3.17. The molecule has 0 spiro atoms. The Morgan fingerprint density at radius 2 is 1.76 bits per heavy atom. The summed E-state index contributed by atoms with van der Waals surface area (Å²) in [4.78, 5) is 7.71. The SMILES string of the molecule is Fc1cc(F)cc(Cc2nc(=S)c3c([nH]2)CCCCC3)c1. The molecule has 1 heterocycles. The van der Waals surface area contributed by atoms with Crippen LogP contribution < -0.4 is 0 Å². The predicted molar refractivity (Wildman–Crippen MR) is 79.8 cm³/mol. The number of hydrogen-bond acceptors (Lipinski definition) is 2. The van der Waals surface area contributed by atoms with Gasteiger partial charge in [-0.25, -0.2) is 13.8 Å². The van der Waals surface area contributed by atoms with Crippen LogP contribution in [0.25, 0.3) is 0 Å². The highest BCUT2D eigenvalue weighted by Crippen LogP contribution is 2.20. The van der Waals surface area contributed by atoms with Gasteiger partial charge < -0.3 is 4.98 Å². The Hall–Kier alpha value is -1.62. The van der Waals surface area contributed by atoms with E-state index in [-0.39, 0.29) is 0 Å². The molecule has 0 unspecified atom stereocenters. The first kappa shape index (κ1) is 14.3. The first-order valence-corrected chi connectivity index (χ1v) is 7.58. The molecule has 0 saturated carbocycles. The van der Waals surface area contributed by atoms with Crippen molar-refractivity contribution in [2.45, 2.75) is 38.5 Å². The monoisotopic (exact) mass is 306 g/mol. The van der Waals surface area contributed by atoms with Crippen molar-refractivity contribution in [1.82, 2.24) is 9.97 Å². The molecule has 0 bridgehead atoms. The lowest BCUT2D eigenvalue weighted by Crippen LogP contribution is -2.05. The Balaban J connectivity index is 1.94. The van der Waals surface area contributed by atoms with Gasteiger partial charge in [-0.1, -0.05) is 18.6 Å². The largest absolute Gasteiger partial charge is 0.347 e. The minimum absolute atomic E-state index is 0.353. The predicted octanol–water partition coefficient (Wildman–Crippen LogP) is 4.28. The van der Waals surface area contributed by atoms with Crippen LogP contribution >= 0.6 is 12.2 Å². The number of rotatable bonds is 2. The number of hydrogen-bond donors (Lipinski definition) is 1. The molecule has 2 aromatic rings. The molecule has 1 aliphatic carbocycles. The summed E-state index contributed by atoms with van der Waals surface area (Å²) >= 11 is 5.38. The highest BCUT2D eigenvalue weighted by Gasteiger charge is 2.13. The fourth-order valence-electron chi connectivity index (χ4n) is 2.84. The van der Waals surface area contributed by atoms with Gasteiger partial charge in [-0.05, 0) is 43.4 Å². The molecule has 1 aromatic heterocycles. The quantitative estimate of drug-likeness (QED) is 0.663. The molecular formula is C16H16F2N2S. The maximum absolute atomic E-state index is 13.2. The number of aromatic nitrogens is 2. The smallest absolute Gasteiger partial charge is 0.133 e. The Morgan fingerprint density at radius 1 is 1.05 bits per heavy atom. The molecule has 0 radical (unpaired) electrons. The zero-order valence-electron chi connectivity index (χ0n) is 11.6. The van der Waals surface area contributed by atoms with Gasteiger partial charge in [0.05, 0.1) is 0 Å². The van der Waals surface area contributed by atoms with Crippen LogP contribution in [0.5, 0.6) is 0 Å². The van der Waals surface area contributed by atoms with E-state index < -0.39 is 11.6 Å². The number of aromatic amines is 1. The van der Waals surface area contributed by atoms with Crippen molar-refractivity contribution < 1.29 is 8.78 Å². The average molecular weight is 306 g/mol. The molecule has 1 aliphatic rings. The van der Waals surface area contributed by atoms with Gasteiger partial charge in [0, 0.05) is 23.7 Å². The summed E-state index contributed by atoms with van der Waals surface area (Å²) in [6, 6.07) is 3.52. The van der Waals surface area contributed by atoms with Crippen molar-refractivity contribution in [3.05, 3.63) is 57.1 Å². The molecule has 3 rings (SSSR count). The van der Waals surface area contributed by atoms with E-state index in [0.29, 0.717) is 22.4 Å². The van der Waals surface area contributed by atoms with Crippen LogP contribution in [-0.4, -0.2) is 9.97 Å². The third-order valence-corrected chi connectivity index (χ3v) is 4.14. The molecule has 0 atom stereocenters. The Morgan fingerprint density at radius 3 is 2.52 bits per heavy atom. The molecule has 21 heavy (non-hydrogen) atoms. The fraction of sp³-hybridized carbons (Fsp3) is 0.375. The van der Waals surface area contributed by atoms with Crippen molar-refractivity contribution in [1.29, 1.82) is 0 Å². The van der Waals surface area contributed by atoms with Crippen LogP contribution in [0.1, 0.15) is 41.9 Å². The molecule has 110 valence electrons. The van der Waals surface area contributed by atoms with E-state index in [9.17, 15) is 8.78 Å². The van der Waals surface area contributed by atoms with Gasteiger partial charge in [-0.2, -0.15) is 0 Å². The molecule has 2 nitrogen and oxygen atoms in total. The number of H-pyrrole nitrogens is 1. The number of halogens is 2. The lowest BCUT2D eigenvalue weighted by Gasteiger charge is -2.09. The molecule has 0 aliphatic heterocycles. The van der Waals surface area contributed by atoms with Gasteiger partial charge in [-0.15, -0.1) is 0 Å². The van der Waals surface area contributed by atoms with E-state index in [1.54, 1.807) is 0 Å². The van der Waals surface area contributed by atoms with Crippen LogP contribution in [0.3, 0.4) is 0 Å². The van der Waals surface area contributed by atoms with Crippen molar-refractivity contribution >= 4 is 12.2 Å². The highest BCUT2D eigenvalue weighted by molar-refractivity contribution is 7.71. The second-order valence-electron chi connectivity index (χ2n) is 5.46. The summed E-state index contributed by atoms with van der Waals surface area (Å²) in [5.74, 6) is -0.470. The Bertz CT molecular complexity index is 704. The van der Waals surface area contributed by atoms with Crippen LogP contribution in [0, 0.1) is 16.3 Å². The third kappa shape index (κ3) is 3.35. The van der Waals surface area contributed by atoms with E-state index in [1.165, 1.54) is 18.6 Å². The van der Waals surface area contributed by atoms with Crippen molar-refractivity contribution in [2.75, 3.05) is 0 Å². The second kappa shape index (κ2) is 6.02. The third-order valence-electron chi connectivity index (χ3n) is 3.80. The molecule has 0 amide bonds. The summed E-state index contributed by atoms with van der Waals surface area (Å²) < 4.78 is 27.1. The maximum Gasteiger partial charge on any atom is 0.133 e. The van der Waals surface area contributed by atoms with Gasteiger partial charge in [0.15, 0.2) is 0 Å². The zero-order chi connectivity index (χ0) is 14.8. The minimum atomic E-state index is -0.571. The molecule has 5 heteroatoms. The van der Waals surface area contributed by atoms with Crippen LogP contribution in [0.15, 0.2) is 18.2 Å². The molecule has 1 aromatic carbocycles. The van der Waals surface area contributed by atoms with Gasteiger partial charge >= 0.3 is 0 Å². The van der Waals surface area contributed by atoms with E-state index in [4.69, 9.17) is 12.2 Å². The molecular weight excluding hydrogens is 290 g/mol. The van der Waals surface area contributed by atoms with E-state index in [2.05, 4.69) is 9.97 Å². The average Bonchev–Trinajstić information content (AvgIpc) is 2.63. The summed E-state index contributed by atoms with van der Waals surface area (Å²) in [7, 11) is 0. The normalized spacial score (nSPS) is 14.6. The maximum atomic E-state index is 13.2. The summed E-state index contributed by atoms with van der Waals surface area (Å²) in [5, 5.41) is 0. The van der Waals surface area contributed by atoms with Gasteiger partial charge in [0.2, 0.25) is 0 Å². The van der Waals surface area contributed by atoms with Crippen molar-refractivity contribution in [3.63, 3.8) is 0 Å². The first-order valence-electron chi connectivity index (χ1n) is 7.18. The zero-order valence-corrected chi connectivity index (χ0v) is 12.4. The van der Waals surface area contributed by atoms with Gasteiger partial charge in [-0.3, -0.25) is 0 Å². The van der Waals surface area contributed by atoms with Crippen LogP contribution in [0.4, 0.5) is 8.78 Å². The van der Waals surface area contributed by atoms with Gasteiger partial charge in [0.1, 0.15) is 22.1 Å². The topological polar surface area (TPSA) is 28.7 Å². The second-order valence-corrected chi connectivity index (χ2v) is 5.85. The minimum Gasteiger partial charge on any atom is -0.347 e. The summed E-state index contributed by atoms with van der Waals surface area (Å²) in [6.07, 6.45) is 5.75. The number of benzene rings is 1. The summed E-state index contributed by atoms with van der Waals surface area (Å²) in [5.41, 5.74) is 2.83. The van der Waals surface area contributed by atoms with Crippen LogP contribution in [-0.2, 0) is 19.3 Å². The Labute approximate surface area is 127 Å². The summed E-state index contributed by atoms with van der Waals surface area (Å²) in [6.45, 7) is 0. The Kier molecular flexibility index (Phi) is 4.10. The lowest BCUT2D eigenvalue weighted by atomic mass is 10.1. The van der Waals surface area contributed by atoms with E-state index in [0.717, 1.165) is 43.0 Å². The number of fused-ring (bicyclic) bond motifs is 1. The van der Waals surface area contributed by atoms with Gasteiger partial charge in [0.25, 0.3) is 0 Å². The number of nitrogens with one attached hydrogen (secondary N) is 1. The molecule has 1 N–H and O–H groups in total. The number of aryl methyl sites for hydroxylation is 1. The van der Waals surface area contributed by atoms with E-state index in [1.807, 2.05) is 0 Å². The highest BCUT2D eigenvalue weighted by atomic mass is 32.1. The van der Waals surface area contributed by atoms with E-state index >= 15 is 0 Å². The van der Waals surface area contributed by atoms with Crippen molar-refractivity contribution in [2.24, 2.45) is 0 Å². The molecule has 0 saturated heterocycles. The number of nitrogens with zero attached hydrogens (tertiary/aromatic N) is 1. The molecule has 0 fully saturated rings. The van der Waals surface area contributed by atoms with Crippen LogP contribution in [0.2, 0.25) is 0 Å². The lowest BCUT2D eigenvalue weighted by molar-refractivity contribution is 0.580. The first-order chi connectivity index (χ1) is 10.1. The standard InChI is InChI=1S/C16H16F2N2S/c17-11-6-10(7-12(18)9-11)8-15-19-14-5-3-1-2-4-13(14)16(21)20-15/h6-7,9H,1-5,8H2,(H,19,20,21).